The number of furan rings is 1. The van der Waals surface area contributed by atoms with Crippen molar-refractivity contribution in [2.24, 2.45) is 0 Å². The summed E-state index contributed by atoms with van der Waals surface area (Å²) in [4.78, 5) is 18.4. The molecule has 0 bridgehead atoms. The molecule has 8 heteroatoms. The van der Waals surface area contributed by atoms with Crippen LogP contribution in [0, 0.1) is 25.8 Å². The number of hydrogen-bond donors (Lipinski definition) is 0. The van der Waals surface area contributed by atoms with Crippen molar-refractivity contribution < 1.29 is 32.7 Å². The van der Waals surface area contributed by atoms with Crippen LogP contribution in [0.3, 0.4) is 0 Å². The van der Waals surface area contributed by atoms with E-state index in [0.717, 1.165) is 39.1 Å². The molecule has 0 aliphatic rings. The van der Waals surface area contributed by atoms with Crippen molar-refractivity contribution >= 4 is 57.3 Å². The van der Waals surface area contributed by atoms with Gasteiger partial charge in [-0.1, -0.05) is 113 Å². The van der Waals surface area contributed by atoms with Gasteiger partial charge in [-0.05, 0) is 95.1 Å². The molecule has 0 aliphatic heterocycles. The SMILES string of the molecule is C[Si](C)(C)c1ccc(-c2[c-]cccc2)nc1.[2H]C([2H])([2H])c1cc2cc3c(nc2c(C([2H])([2H])[2H])n1)oc1c(-c2nc4ccccc4n2-c2c(C(C)C)cc(-c4ccccc4)cc2C(C)C)[c-]ccc13.[Ir]. The van der Waals surface area contributed by atoms with Gasteiger partial charge in [0.2, 0.25) is 5.71 Å². The molecule has 63 heavy (non-hydrogen) atoms. The molecule has 317 valence electrons. The fraction of sp³-hybridized carbons (Fsp3) is 0.200. The Morgan fingerprint density at radius 1 is 0.698 bits per heavy atom. The summed E-state index contributed by atoms with van der Waals surface area (Å²) in [5.41, 5.74) is 10.2. The molecule has 5 aromatic carbocycles. The fourth-order valence-electron chi connectivity index (χ4n) is 8.09. The smallest absolute Gasteiger partial charge is 0.216 e. The van der Waals surface area contributed by atoms with Gasteiger partial charge in [0.1, 0.15) is 0 Å². The predicted octanol–water partition coefficient (Wildman–Crippen LogP) is 14.0. The third kappa shape index (κ3) is 8.43. The molecular weight excluding hydrogens is 967 g/mol. The average Bonchev–Trinajstić information content (AvgIpc) is 3.88. The molecule has 0 saturated carbocycles. The molecular formula is C55H51IrN5OSi-2. The predicted molar refractivity (Wildman–Crippen MR) is 260 cm³/mol. The maximum atomic E-state index is 8.13. The fourth-order valence-corrected chi connectivity index (χ4v) is 9.12. The Bertz CT molecular complexity index is 3440. The van der Waals surface area contributed by atoms with Gasteiger partial charge in [0, 0.05) is 56.7 Å². The largest absolute Gasteiger partial charge is 0.486 e. The Balaban J connectivity index is 0.000000320. The monoisotopic (exact) mass is 1020 g/mol. The van der Waals surface area contributed by atoms with Gasteiger partial charge in [0.15, 0.2) is 0 Å². The molecule has 0 aliphatic carbocycles. The Morgan fingerprint density at radius 2 is 1.44 bits per heavy atom. The van der Waals surface area contributed by atoms with Gasteiger partial charge in [-0.2, -0.15) is 0 Å². The van der Waals surface area contributed by atoms with Crippen molar-refractivity contribution in [3.63, 3.8) is 0 Å². The van der Waals surface area contributed by atoms with Crippen LogP contribution in [-0.2, 0) is 20.1 Å². The van der Waals surface area contributed by atoms with E-state index in [1.54, 1.807) is 6.07 Å². The van der Waals surface area contributed by atoms with E-state index in [1.165, 1.54) is 22.4 Å². The van der Waals surface area contributed by atoms with Crippen LogP contribution >= 0.6 is 0 Å². The maximum Gasteiger partial charge on any atom is 0.216 e. The number of rotatable bonds is 7. The van der Waals surface area contributed by atoms with Gasteiger partial charge in [0.25, 0.3) is 0 Å². The zero-order chi connectivity index (χ0) is 48.3. The molecule has 0 unspecified atom stereocenters. The van der Waals surface area contributed by atoms with E-state index in [2.05, 4.69) is 134 Å². The summed E-state index contributed by atoms with van der Waals surface area (Å²) in [7, 11) is -1.23. The Hall–Kier alpha value is -6.05. The molecule has 10 aromatic rings. The summed E-state index contributed by atoms with van der Waals surface area (Å²) >= 11 is 0. The van der Waals surface area contributed by atoms with Crippen LogP contribution in [0.5, 0.6) is 0 Å². The van der Waals surface area contributed by atoms with Crippen LogP contribution in [0.1, 0.15) is 70.3 Å². The summed E-state index contributed by atoms with van der Waals surface area (Å²) in [5.74, 6) is 0.989. The number of aryl methyl sites for hydroxylation is 2. The van der Waals surface area contributed by atoms with E-state index in [4.69, 9.17) is 17.6 Å². The normalized spacial score (nSPS) is 13.5. The van der Waals surface area contributed by atoms with Gasteiger partial charge < -0.3 is 14.0 Å². The Kier molecular flexibility index (Phi) is 10.2. The Labute approximate surface area is 393 Å². The number of pyridine rings is 3. The molecule has 0 amide bonds. The first-order valence-electron chi connectivity index (χ1n) is 24.0. The molecule has 0 spiro atoms. The number of aromatic nitrogens is 5. The molecule has 0 fully saturated rings. The third-order valence-electron chi connectivity index (χ3n) is 11.3. The second kappa shape index (κ2) is 17.6. The van der Waals surface area contributed by atoms with Crippen LogP contribution in [0.4, 0.5) is 0 Å². The third-order valence-corrected chi connectivity index (χ3v) is 13.4. The minimum Gasteiger partial charge on any atom is -0.486 e. The molecule has 6 nitrogen and oxygen atoms in total. The zero-order valence-electron chi connectivity index (χ0n) is 42.3. The van der Waals surface area contributed by atoms with Crippen molar-refractivity contribution in [3.8, 4) is 39.5 Å². The number of para-hydroxylation sites is 2. The minimum atomic E-state index is -2.70. The van der Waals surface area contributed by atoms with E-state index < -0.39 is 21.8 Å². The number of imidazole rings is 1. The summed E-state index contributed by atoms with van der Waals surface area (Å²) in [5, 5.41) is 3.07. The van der Waals surface area contributed by atoms with Crippen molar-refractivity contribution in [2.75, 3.05) is 0 Å². The maximum absolute atomic E-state index is 8.13. The number of fused-ring (bicyclic) bond motifs is 5. The topological polar surface area (TPSA) is 69.6 Å². The van der Waals surface area contributed by atoms with E-state index >= 15 is 0 Å². The van der Waals surface area contributed by atoms with Crippen LogP contribution in [0.25, 0.3) is 83.5 Å². The first-order chi connectivity index (χ1) is 32.3. The van der Waals surface area contributed by atoms with Crippen LogP contribution in [-0.4, -0.2) is 32.6 Å². The minimum absolute atomic E-state index is 0. The van der Waals surface area contributed by atoms with Crippen LogP contribution < -0.4 is 5.19 Å². The van der Waals surface area contributed by atoms with Gasteiger partial charge >= 0.3 is 0 Å². The summed E-state index contributed by atoms with van der Waals surface area (Å²) in [6, 6.07) is 48.7. The van der Waals surface area contributed by atoms with Crippen molar-refractivity contribution in [2.45, 2.75) is 72.9 Å². The van der Waals surface area contributed by atoms with Gasteiger partial charge in [-0.25, -0.2) is 4.98 Å². The van der Waals surface area contributed by atoms with Gasteiger partial charge in [-0.15, -0.1) is 54.1 Å². The van der Waals surface area contributed by atoms with E-state index in [-0.39, 0.29) is 54.6 Å². The van der Waals surface area contributed by atoms with Gasteiger partial charge in [-0.3, -0.25) is 9.97 Å². The molecule has 0 saturated heterocycles. The number of nitrogens with zero attached hydrogens (tertiary/aromatic N) is 5. The first kappa shape index (κ1) is 36.4. The molecule has 1 radical (unpaired) electrons. The number of benzene rings is 5. The Morgan fingerprint density at radius 3 is 2.11 bits per heavy atom. The summed E-state index contributed by atoms with van der Waals surface area (Å²) < 4.78 is 57.0. The molecule has 0 N–H and O–H groups in total. The molecule has 5 aromatic heterocycles. The first-order valence-corrected chi connectivity index (χ1v) is 24.5. The van der Waals surface area contributed by atoms with Crippen molar-refractivity contribution in [1.82, 2.24) is 24.5 Å². The van der Waals surface area contributed by atoms with E-state index in [0.29, 0.717) is 33.1 Å². The van der Waals surface area contributed by atoms with Crippen molar-refractivity contribution in [1.29, 1.82) is 0 Å². The van der Waals surface area contributed by atoms with Gasteiger partial charge in [0.05, 0.1) is 41.7 Å². The van der Waals surface area contributed by atoms with E-state index in [9.17, 15) is 0 Å². The second-order valence-electron chi connectivity index (χ2n) is 17.4. The molecule has 5 heterocycles. The van der Waals surface area contributed by atoms with Crippen LogP contribution in [0.2, 0.25) is 19.6 Å². The van der Waals surface area contributed by atoms with Crippen LogP contribution in [0.15, 0.2) is 138 Å². The molecule has 10 rings (SSSR count). The zero-order valence-corrected chi connectivity index (χ0v) is 39.7. The molecule has 0 atom stereocenters. The van der Waals surface area contributed by atoms with E-state index in [1.807, 2.05) is 66.9 Å². The standard InChI is InChI=1S/C41H35N4O.C14H16NSi.Ir/c1-23(2)32-20-28(27-13-8-7-9-14-27)21-33(24(3)4)38(32)45-36-18-11-10-17-35(36)43-40(45)31-16-12-15-30-34-22-29-19-25(5)42-26(6)37(29)44-41(34)46-39(30)31;1-16(2,3)13-9-10-14(15-11-13)12-7-5-4-6-8-12;/h7-15,17-24H,1-6H3;4-7,9-11H,1-3H3;/q2*-1;/i5D3,6D3;;. The average molecular weight is 1020 g/mol. The summed E-state index contributed by atoms with van der Waals surface area (Å²) in [6.07, 6.45) is 2.02. The summed E-state index contributed by atoms with van der Waals surface area (Å²) in [6.45, 7) is 10.5. The number of hydrogen-bond acceptors (Lipinski definition) is 5. The quantitative estimate of drug-likeness (QED) is 0.118. The van der Waals surface area contributed by atoms with Crippen molar-refractivity contribution in [3.05, 3.63) is 168 Å². The second-order valence-corrected chi connectivity index (χ2v) is 22.4.